The van der Waals surface area contributed by atoms with Gasteiger partial charge in [0, 0.05) is 6.20 Å². The second-order valence-corrected chi connectivity index (χ2v) is 4.34. The standard InChI is InChI=1S/C11H13F2N3O4/c1-2-5(17)7-8(18)11(12,13)9(20-7)16-4-3-6(14)15-10(16)19/h2-5,7-9,17-18H,1H2,(H2,14,15,19). The monoisotopic (exact) mass is 289 g/mol. The molecule has 1 fully saturated rings. The lowest BCUT2D eigenvalue weighted by molar-refractivity contribution is -0.141. The number of aromatic nitrogens is 2. The molecule has 7 nitrogen and oxygen atoms in total. The van der Waals surface area contributed by atoms with Gasteiger partial charge in [0.1, 0.15) is 18.0 Å². The average Bonchev–Trinajstić information content (AvgIpc) is 2.61. The molecule has 110 valence electrons. The molecule has 1 saturated heterocycles. The van der Waals surface area contributed by atoms with Gasteiger partial charge in [-0.3, -0.25) is 4.57 Å². The molecule has 0 aliphatic carbocycles. The normalized spacial score (nSPS) is 30.1. The van der Waals surface area contributed by atoms with E-state index in [9.17, 15) is 23.8 Å². The van der Waals surface area contributed by atoms with Crippen molar-refractivity contribution in [1.82, 2.24) is 9.55 Å². The minimum absolute atomic E-state index is 0.129. The first-order chi connectivity index (χ1) is 9.28. The van der Waals surface area contributed by atoms with E-state index in [1.165, 1.54) is 0 Å². The second kappa shape index (κ2) is 4.93. The number of nitrogens with two attached hydrogens (primary N) is 1. The molecule has 20 heavy (non-hydrogen) atoms. The third-order valence-corrected chi connectivity index (χ3v) is 3.00. The summed E-state index contributed by atoms with van der Waals surface area (Å²) in [7, 11) is 0. The van der Waals surface area contributed by atoms with Gasteiger partial charge in [-0.05, 0) is 6.07 Å². The molecule has 9 heteroatoms. The highest BCUT2D eigenvalue weighted by Gasteiger charge is 2.61. The van der Waals surface area contributed by atoms with Crippen LogP contribution in [-0.4, -0.2) is 44.0 Å². The Bertz CT molecular complexity index is 577. The van der Waals surface area contributed by atoms with Crippen LogP contribution in [0.15, 0.2) is 29.7 Å². The summed E-state index contributed by atoms with van der Waals surface area (Å²) in [5, 5.41) is 19.0. The van der Waals surface area contributed by atoms with Crippen molar-refractivity contribution in [3.63, 3.8) is 0 Å². The molecule has 1 aromatic rings. The van der Waals surface area contributed by atoms with E-state index in [1.807, 2.05) is 0 Å². The molecule has 4 N–H and O–H groups in total. The SMILES string of the molecule is C=CC(O)C1OC(n2ccc(N)nc2=O)C(F)(F)C1O. The molecule has 0 amide bonds. The van der Waals surface area contributed by atoms with Gasteiger partial charge in [-0.15, -0.1) is 6.58 Å². The number of alkyl halides is 2. The highest BCUT2D eigenvalue weighted by atomic mass is 19.3. The van der Waals surface area contributed by atoms with E-state index in [0.29, 0.717) is 4.57 Å². The van der Waals surface area contributed by atoms with Gasteiger partial charge in [-0.25, -0.2) is 4.79 Å². The molecule has 0 aromatic carbocycles. The maximum atomic E-state index is 14.0. The Morgan fingerprint density at radius 3 is 2.85 bits per heavy atom. The number of rotatable bonds is 3. The van der Waals surface area contributed by atoms with Gasteiger partial charge >= 0.3 is 11.6 Å². The van der Waals surface area contributed by atoms with E-state index in [4.69, 9.17) is 10.5 Å². The van der Waals surface area contributed by atoms with E-state index >= 15 is 0 Å². The maximum absolute atomic E-state index is 14.0. The zero-order valence-corrected chi connectivity index (χ0v) is 10.2. The Labute approximate surface area is 111 Å². The smallest absolute Gasteiger partial charge is 0.351 e. The molecule has 0 radical (unpaired) electrons. The lowest BCUT2D eigenvalue weighted by atomic mass is 10.0. The van der Waals surface area contributed by atoms with Gasteiger partial charge in [0.2, 0.25) is 6.23 Å². The predicted octanol–water partition coefficient (Wildman–Crippen LogP) is -0.734. The molecule has 1 aliphatic rings. The Kier molecular flexibility index (Phi) is 3.59. The summed E-state index contributed by atoms with van der Waals surface area (Å²) >= 11 is 0. The number of aliphatic hydroxyl groups excluding tert-OH is 2. The number of hydrogen-bond acceptors (Lipinski definition) is 6. The molecular formula is C11H13F2N3O4. The molecule has 0 saturated carbocycles. The Hall–Kier alpha value is -1.84. The largest absolute Gasteiger partial charge is 0.386 e. The van der Waals surface area contributed by atoms with E-state index < -0.39 is 36.2 Å². The van der Waals surface area contributed by atoms with Crippen LogP contribution in [0.1, 0.15) is 6.23 Å². The minimum Gasteiger partial charge on any atom is -0.386 e. The summed E-state index contributed by atoms with van der Waals surface area (Å²) in [5.41, 5.74) is 4.22. The van der Waals surface area contributed by atoms with Crippen LogP contribution in [0.5, 0.6) is 0 Å². The quantitative estimate of drug-likeness (QED) is 0.632. The summed E-state index contributed by atoms with van der Waals surface area (Å²) in [6.45, 7) is 3.23. The summed E-state index contributed by atoms with van der Waals surface area (Å²) < 4.78 is 33.4. The van der Waals surface area contributed by atoms with Gasteiger partial charge in [-0.2, -0.15) is 13.8 Å². The van der Waals surface area contributed by atoms with Crippen molar-refractivity contribution in [2.45, 2.75) is 30.5 Å². The van der Waals surface area contributed by atoms with Crippen molar-refractivity contribution in [3.8, 4) is 0 Å². The summed E-state index contributed by atoms with van der Waals surface area (Å²) in [4.78, 5) is 14.9. The maximum Gasteiger partial charge on any atom is 0.351 e. The Morgan fingerprint density at radius 2 is 2.30 bits per heavy atom. The average molecular weight is 289 g/mol. The first-order valence-corrected chi connectivity index (χ1v) is 5.65. The fraction of sp³-hybridized carbons (Fsp3) is 0.455. The number of anilines is 1. The summed E-state index contributed by atoms with van der Waals surface area (Å²) in [5.74, 6) is -3.91. The van der Waals surface area contributed by atoms with Crippen LogP contribution in [-0.2, 0) is 4.74 Å². The minimum atomic E-state index is -3.78. The molecule has 1 aliphatic heterocycles. The molecular weight excluding hydrogens is 276 g/mol. The van der Waals surface area contributed by atoms with Crippen molar-refractivity contribution in [2.75, 3.05) is 5.73 Å². The van der Waals surface area contributed by atoms with E-state index in [0.717, 1.165) is 18.3 Å². The fourth-order valence-electron chi connectivity index (χ4n) is 1.94. The molecule has 4 atom stereocenters. The molecule has 1 aromatic heterocycles. The van der Waals surface area contributed by atoms with Gasteiger partial charge in [0.05, 0.1) is 0 Å². The number of ether oxygens (including phenoxy) is 1. The lowest BCUT2D eigenvalue weighted by Crippen LogP contribution is -2.43. The molecule has 4 unspecified atom stereocenters. The van der Waals surface area contributed by atoms with Gasteiger partial charge in [0.25, 0.3) is 0 Å². The third kappa shape index (κ3) is 2.19. The Balaban J connectivity index is 2.42. The molecule has 0 bridgehead atoms. The zero-order chi connectivity index (χ0) is 15.1. The van der Waals surface area contributed by atoms with E-state index in [2.05, 4.69) is 11.6 Å². The lowest BCUT2D eigenvalue weighted by Gasteiger charge is -2.20. The van der Waals surface area contributed by atoms with Crippen molar-refractivity contribution in [2.24, 2.45) is 0 Å². The third-order valence-electron chi connectivity index (χ3n) is 3.00. The highest BCUT2D eigenvalue weighted by Crippen LogP contribution is 2.43. The van der Waals surface area contributed by atoms with Crippen molar-refractivity contribution in [1.29, 1.82) is 0 Å². The van der Waals surface area contributed by atoms with Crippen molar-refractivity contribution >= 4 is 5.82 Å². The first-order valence-electron chi connectivity index (χ1n) is 5.65. The van der Waals surface area contributed by atoms with Crippen molar-refractivity contribution < 1.29 is 23.7 Å². The van der Waals surface area contributed by atoms with Gasteiger partial charge in [0.15, 0.2) is 6.10 Å². The predicted molar refractivity (Wildman–Crippen MR) is 64.0 cm³/mol. The summed E-state index contributed by atoms with van der Waals surface area (Å²) in [6.07, 6.45) is -5.53. The Morgan fingerprint density at radius 1 is 1.65 bits per heavy atom. The molecule has 2 rings (SSSR count). The van der Waals surface area contributed by atoms with Crippen LogP contribution in [0.4, 0.5) is 14.6 Å². The molecule has 0 spiro atoms. The number of hydrogen-bond donors (Lipinski definition) is 3. The van der Waals surface area contributed by atoms with Crippen molar-refractivity contribution in [3.05, 3.63) is 35.4 Å². The number of halogens is 2. The summed E-state index contributed by atoms with van der Waals surface area (Å²) in [6, 6.07) is 1.14. The number of nitrogens with zero attached hydrogens (tertiary/aromatic N) is 2. The van der Waals surface area contributed by atoms with E-state index in [-0.39, 0.29) is 5.82 Å². The van der Waals surface area contributed by atoms with Crippen LogP contribution < -0.4 is 11.4 Å². The topological polar surface area (TPSA) is 111 Å². The van der Waals surface area contributed by atoms with Crippen LogP contribution in [0.2, 0.25) is 0 Å². The fourth-order valence-corrected chi connectivity index (χ4v) is 1.94. The second-order valence-electron chi connectivity index (χ2n) is 4.34. The number of nitrogen functional groups attached to an aromatic ring is 1. The number of aliphatic hydroxyl groups is 2. The first kappa shape index (κ1) is 14.6. The van der Waals surface area contributed by atoms with E-state index in [1.54, 1.807) is 0 Å². The van der Waals surface area contributed by atoms with Crippen LogP contribution in [0.3, 0.4) is 0 Å². The molecule has 2 heterocycles. The van der Waals surface area contributed by atoms with Crippen LogP contribution in [0, 0.1) is 0 Å². The zero-order valence-electron chi connectivity index (χ0n) is 10.2. The van der Waals surface area contributed by atoms with Gasteiger partial charge in [-0.1, -0.05) is 6.08 Å². The van der Waals surface area contributed by atoms with Crippen LogP contribution in [0.25, 0.3) is 0 Å². The van der Waals surface area contributed by atoms with Gasteiger partial charge < -0.3 is 20.7 Å². The van der Waals surface area contributed by atoms with Crippen LogP contribution >= 0.6 is 0 Å². The highest BCUT2D eigenvalue weighted by molar-refractivity contribution is 5.23.